The number of thioether (sulfide) groups is 1. The quantitative estimate of drug-likeness (QED) is 0.524. The van der Waals surface area contributed by atoms with E-state index in [-0.39, 0.29) is 36.8 Å². The van der Waals surface area contributed by atoms with Crippen molar-refractivity contribution in [1.82, 2.24) is 9.88 Å². The van der Waals surface area contributed by atoms with Crippen molar-refractivity contribution in [2.45, 2.75) is 39.5 Å². The van der Waals surface area contributed by atoms with Crippen molar-refractivity contribution in [3.8, 4) is 0 Å². The molecule has 2 aliphatic rings. The highest BCUT2D eigenvalue weighted by Crippen LogP contribution is 2.51. The smallest absolute Gasteiger partial charge is 0.355 e. The maximum absolute atomic E-state index is 12.5. The van der Waals surface area contributed by atoms with Crippen LogP contribution in [0.25, 0.3) is 6.08 Å². The second-order valence-electron chi connectivity index (χ2n) is 6.43. The Balaban J connectivity index is 1.88. The van der Waals surface area contributed by atoms with Gasteiger partial charge in [0.05, 0.1) is 47.4 Å². The Morgan fingerprint density at radius 2 is 2.30 bits per heavy atom. The molecule has 2 aliphatic heterocycles. The molecule has 4 atom stereocenters. The highest BCUT2D eigenvalue weighted by atomic mass is 32.2. The average molecular weight is 411 g/mol. The first-order chi connectivity index (χ1) is 12.9. The summed E-state index contributed by atoms with van der Waals surface area (Å²) in [6, 6.07) is -0.232. The van der Waals surface area contributed by atoms with E-state index in [1.165, 1.54) is 28.0 Å². The number of ether oxygens (including phenoxy) is 1. The molecule has 1 saturated heterocycles. The summed E-state index contributed by atoms with van der Waals surface area (Å²) in [4.78, 5) is 32.1. The van der Waals surface area contributed by atoms with Gasteiger partial charge in [0, 0.05) is 10.8 Å². The van der Waals surface area contributed by atoms with Crippen LogP contribution in [0.15, 0.2) is 21.5 Å². The molecular weight excluding hydrogens is 388 g/mol. The summed E-state index contributed by atoms with van der Waals surface area (Å²) in [5.74, 6) is -1.35. The van der Waals surface area contributed by atoms with Crippen LogP contribution in [0, 0.1) is 11.8 Å². The van der Waals surface area contributed by atoms with Gasteiger partial charge >= 0.3 is 5.97 Å². The van der Waals surface area contributed by atoms with Crippen molar-refractivity contribution in [2.24, 2.45) is 11.8 Å². The molecule has 2 N–H and O–H groups in total. The lowest BCUT2D eigenvalue weighted by Gasteiger charge is -2.46. The van der Waals surface area contributed by atoms with Crippen LogP contribution in [0.5, 0.6) is 0 Å². The summed E-state index contributed by atoms with van der Waals surface area (Å²) in [6.07, 6.45) is 1.06. The molecule has 1 aromatic rings. The summed E-state index contributed by atoms with van der Waals surface area (Å²) in [5, 5.41) is 21.1. The number of hydrogen-bond donors (Lipinski definition) is 2. The van der Waals surface area contributed by atoms with Crippen LogP contribution < -0.4 is 0 Å². The van der Waals surface area contributed by atoms with Gasteiger partial charge in [0.15, 0.2) is 0 Å². The van der Waals surface area contributed by atoms with Crippen LogP contribution in [-0.2, 0) is 20.9 Å². The van der Waals surface area contributed by atoms with Gasteiger partial charge in [0.25, 0.3) is 0 Å². The minimum absolute atomic E-state index is 0.0878. The summed E-state index contributed by atoms with van der Waals surface area (Å²) >= 11 is 2.77. The zero-order valence-electron chi connectivity index (χ0n) is 15.3. The third-order valence-electron chi connectivity index (χ3n) is 4.81. The lowest BCUT2D eigenvalue weighted by Crippen LogP contribution is -2.63. The third kappa shape index (κ3) is 3.44. The molecule has 0 saturated carbocycles. The highest BCUT2D eigenvalue weighted by Gasteiger charge is 2.60. The van der Waals surface area contributed by atoms with Crippen molar-refractivity contribution in [2.75, 3.05) is 6.61 Å². The largest absolute Gasteiger partial charge is 0.461 e. The molecule has 0 radical (unpaired) electrons. The molecule has 27 heavy (non-hydrogen) atoms. The monoisotopic (exact) mass is 410 g/mol. The van der Waals surface area contributed by atoms with Crippen LogP contribution in [0.4, 0.5) is 0 Å². The lowest BCUT2D eigenvalue weighted by atomic mass is 9.79. The zero-order chi connectivity index (χ0) is 19.7. The van der Waals surface area contributed by atoms with E-state index in [1.807, 2.05) is 18.4 Å². The number of amides is 1. The average Bonchev–Trinajstić information content (AvgIpc) is 3.16. The predicted octanol–water partition coefficient (Wildman–Crippen LogP) is 1.97. The lowest BCUT2D eigenvalue weighted by molar-refractivity contribution is -0.164. The number of nitrogens with zero attached hydrogens (tertiary/aromatic N) is 2. The van der Waals surface area contributed by atoms with Gasteiger partial charge in [-0.15, -0.1) is 11.3 Å². The maximum Gasteiger partial charge on any atom is 0.355 e. The van der Waals surface area contributed by atoms with E-state index in [0.717, 1.165) is 9.78 Å². The fourth-order valence-corrected chi connectivity index (χ4v) is 5.35. The van der Waals surface area contributed by atoms with Crippen LogP contribution in [0.1, 0.15) is 31.3 Å². The Morgan fingerprint density at radius 3 is 2.93 bits per heavy atom. The number of thiazole rings is 1. The fourth-order valence-electron chi connectivity index (χ4n) is 3.57. The standard InChI is InChI=1S/C18H22N2O5S2/c1-4-25-18(24)15-16(26-6-5-12-11(7-21)19-8-27-12)9(2)14-13(10(3)22)17(23)20(14)15/h5-6,8-10,13-14,21-22H,4,7H2,1-3H3/t9-,10-,13-,14-/m1/s1. The number of rotatable bonds is 7. The first-order valence-electron chi connectivity index (χ1n) is 8.71. The van der Waals surface area contributed by atoms with E-state index < -0.39 is 18.0 Å². The number of carbonyl (C=O) groups is 2. The van der Waals surface area contributed by atoms with Gasteiger partial charge in [-0.2, -0.15) is 0 Å². The molecule has 3 rings (SSSR count). The van der Waals surface area contributed by atoms with Crippen molar-refractivity contribution < 1.29 is 24.5 Å². The topological polar surface area (TPSA) is 100.0 Å². The van der Waals surface area contributed by atoms with Gasteiger partial charge in [-0.25, -0.2) is 9.78 Å². The van der Waals surface area contributed by atoms with Gasteiger partial charge < -0.3 is 19.8 Å². The molecule has 0 aromatic carbocycles. The van der Waals surface area contributed by atoms with Gasteiger partial charge in [0.2, 0.25) is 5.91 Å². The SMILES string of the molecule is CCOC(=O)C1=C(SC=Cc2scnc2CO)[C@H](C)[C@@H]2[C@@H]([C@@H](C)O)C(=O)N12. The van der Waals surface area contributed by atoms with E-state index in [9.17, 15) is 19.8 Å². The number of hydrogen-bond acceptors (Lipinski definition) is 8. The van der Waals surface area contributed by atoms with E-state index in [1.54, 1.807) is 19.4 Å². The molecular formula is C18H22N2O5S2. The zero-order valence-corrected chi connectivity index (χ0v) is 16.9. The maximum atomic E-state index is 12.5. The first kappa shape index (κ1) is 20.1. The number of β-lactam (4-membered cyclic amide) rings is 1. The number of fused-ring (bicyclic) bond motifs is 1. The molecule has 7 nitrogen and oxygen atoms in total. The molecule has 1 amide bonds. The normalized spacial score (nSPS) is 25.7. The van der Waals surface area contributed by atoms with Crippen molar-refractivity contribution >= 4 is 41.1 Å². The predicted molar refractivity (Wildman–Crippen MR) is 103 cm³/mol. The summed E-state index contributed by atoms with van der Waals surface area (Å²) in [6.45, 7) is 5.35. The Bertz CT molecular complexity index is 801. The summed E-state index contributed by atoms with van der Waals surface area (Å²) in [7, 11) is 0. The molecule has 1 fully saturated rings. The van der Waals surface area contributed by atoms with E-state index in [0.29, 0.717) is 5.69 Å². The fraction of sp³-hybridized carbons (Fsp3) is 0.500. The molecule has 146 valence electrons. The molecule has 0 spiro atoms. The van der Waals surface area contributed by atoms with Crippen molar-refractivity contribution in [3.63, 3.8) is 0 Å². The number of carbonyl (C=O) groups excluding carboxylic acids is 2. The van der Waals surface area contributed by atoms with E-state index >= 15 is 0 Å². The number of esters is 1. The van der Waals surface area contributed by atoms with Crippen LogP contribution >= 0.6 is 23.1 Å². The molecule has 0 unspecified atom stereocenters. The van der Waals surface area contributed by atoms with E-state index in [4.69, 9.17) is 4.74 Å². The third-order valence-corrected chi connectivity index (χ3v) is 6.74. The molecule has 1 aromatic heterocycles. The summed E-state index contributed by atoms with van der Waals surface area (Å²) in [5.41, 5.74) is 2.54. The Kier molecular flexibility index (Phi) is 6.05. The van der Waals surface area contributed by atoms with Crippen LogP contribution in [0.3, 0.4) is 0 Å². The molecule has 0 bridgehead atoms. The minimum atomic E-state index is -0.770. The van der Waals surface area contributed by atoms with E-state index in [2.05, 4.69) is 4.98 Å². The minimum Gasteiger partial charge on any atom is -0.461 e. The summed E-state index contributed by atoms with van der Waals surface area (Å²) < 4.78 is 5.16. The van der Waals surface area contributed by atoms with Gasteiger partial charge in [0.1, 0.15) is 5.70 Å². The molecule has 9 heteroatoms. The second-order valence-corrected chi connectivity index (χ2v) is 8.26. The van der Waals surface area contributed by atoms with Crippen LogP contribution in [0.2, 0.25) is 0 Å². The Hall–Kier alpha value is -1.68. The van der Waals surface area contributed by atoms with Gasteiger partial charge in [-0.05, 0) is 25.3 Å². The number of aliphatic hydroxyl groups excluding tert-OH is 2. The number of aromatic nitrogens is 1. The molecule has 0 aliphatic carbocycles. The first-order valence-corrected chi connectivity index (χ1v) is 10.5. The van der Waals surface area contributed by atoms with Crippen LogP contribution in [-0.4, -0.2) is 50.7 Å². The van der Waals surface area contributed by atoms with Gasteiger partial charge in [-0.1, -0.05) is 18.7 Å². The molecule has 3 heterocycles. The number of aliphatic hydroxyl groups is 2. The Labute approximate surface area is 165 Å². The Morgan fingerprint density at radius 1 is 1.56 bits per heavy atom. The van der Waals surface area contributed by atoms with Crippen molar-refractivity contribution in [1.29, 1.82) is 0 Å². The highest BCUT2D eigenvalue weighted by molar-refractivity contribution is 8.06. The van der Waals surface area contributed by atoms with Crippen molar-refractivity contribution in [3.05, 3.63) is 32.1 Å². The second kappa shape index (κ2) is 8.14. The van der Waals surface area contributed by atoms with Gasteiger partial charge in [-0.3, -0.25) is 4.79 Å².